The molecule has 0 atom stereocenters. The Morgan fingerprint density at radius 1 is 0.955 bits per heavy atom. The number of imide groups is 1. The molecule has 6 nitrogen and oxygen atoms in total. The van der Waals surface area contributed by atoms with Gasteiger partial charge in [0.05, 0.1) is 37.8 Å². The van der Waals surface area contributed by atoms with Gasteiger partial charge in [-0.1, -0.05) is 46.4 Å². The van der Waals surface area contributed by atoms with Crippen LogP contribution in [0.25, 0.3) is 0 Å². The highest BCUT2D eigenvalue weighted by Gasteiger charge is 2.41. The number of amides is 2. The topological polar surface area (TPSA) is 68.1 Å². The van der Waals surface area contributed by atoms with Gasteiger partial charge in [-0.3, -0.25) is 19.2 Å². The van der Waals surface area contributed by atoms with E-state index in [-0.39, 0.29) is 37.8 Å². The fraction of sp³-hybridized carbons (Fsp3) is 0.167. The van der Waals surface area contributed by atoms with E-state index in [0.717, 1.165) is 4.90 Å². The summed E-state index contributed by atoms with van der Waals surface area (Å²) in [5.41, 5.74) is -0.0959. The molecule has 0 radical (unpaired) electrons. The summed E-state index contributed by atoms with van der Waals surface area (Å²) < 4.78 is 1.45. The van der Waals surface area contributed by atoms with Crippen molar-refractivity contribution < 1.29 is 9.59 Å². The lowest BCUT2D eigenvalue weighted by molar-refractivity contribution is 0.0637. The van der Waals surface area contributed by atoms with Crippen LogP contribution in [0.4, 0.5) is 0 Å². The molecule has 0 bridgehead atoms. The molecule has 0 spiro atoms. The van der Waals surface area contributed by atoms with Crippen LogP contribution in [0, 0.1) is 0 Å². The maximum absolute atomic E-state index is 12.5. The molecule has 2 heterocycles. The number of carbonyl (C=O) groups excluding carboxylic acids is 2. The number of rotatable bonds is 2. The zero-order chi connectivity index (χ0) is 16.2. The smallest absolute Gasteiger partial charge is 0.263 e. The first-order chi connectivity index (χ1) is 10.3. The summed E-state index contributed by atoms with van der Waals surface area (Å²) in [5.74, 6) is -0.777. The van der Waals surface area contributed by atoms with Crippen molar-refractivity contribution in [3.8, 4) is 0 Å². The Labute approximate surface area is 144 Å². The van der Waals surface area contributed by atoms with Gasteiger partial charge in [0.2, 0.25) is 0 Å². The van der Waals surface area contributed by atoms with Crippen LogP contribution >= 0.6 is 46.4 Å². The number of fused-ring (bicyclic) bond motifs is 1. The van der Waals surface area contributed by atoms with Gasteiger partial charge in [-0.25, -0.2) is 4.98 Å². The number of hydrogen-bond acceptors (Lipinski definition) is 4. The lowest BCUT2D eigenvalue weighted by Gasteiger charge is -2.12. The molecule has 0 N–H and O–H groups in total. The molecule has 0 saturated heterocycles. The number of benzene rings is 1. The summed E-state index contributed by atoms with van der Waals surface area (Å²) >= 11 is 24.0. The molecule has 0 fully saturated rings. The Bertz CT molecular complexity index is 786. The fourth-order valence-corrected chi connectivity index (χ4v) is 3.16. The zero-order valence-electron chi connectivity index (χ0n) is 10.9. The number of aromatic nitrogens is 3. The van der Waals surface area contributed by atoms with Crippen LogP contribution in [0.1, 0.15) is 26.5 Å². The van der Waals surface area contributed by atoms with E-state index in [0.29, 0.717) is 5.82 Å². The van der Waals surface area contributed by atoms with Gasteiger partial charge in [0.1, 0.15) is 12.2 Å². The molecule has 0 saturated carbocycles. The summed E-state index contributed by atoms with van der Waals surface area (Å²) in [7, 11) is 1.65. The molecule has 1 aliphatic rings. The molecule has 2 amide bonds. The van der Waals surface area contributed by atoms with Crippen molar-refractivity contribution in [2.24, 2.45) is 7.05 Å². The Hall–Kier alpha value is -1.34. The van der Waals surface area contributed by atoms with Crippen molar-refractivity contribution >= 4 is 58.2 Å². The highest BCUT2D eigenvalue weighted by molar-refractivity contribution is 6.55. The second-order valence-corrected chi connectivity index (χ2v) is 6.01. The molecule has 10 heteroatoms. The van der Waals surface area contributed by atoms with Gasteiger partial charge >= 0.3 is 0 Å². The van der Waals surface area contributed by atoms with E-state index in [1.807, 2.05) is 0 Å². The molecular weight excluding hydrogens is 374 g/mol. The van der Waals surface area contributed by atoms with E-state index >= 15 is 0 Å². The average molecular weight is 380 g/mol. The van der Waals surface area contributed by atoms with Crippen LogP contribution in [0.3, 0.4) is 0 Å². The Kier molecular flexibility index (Phi) is 3.81. The molecular formula is C12H6Cl4N4O2. The fourth-order valence-electron chi connectivity index (χ4n) is 2.14. The van der Waals surface area contributed by atoms with Gasteiger partial charge in [-0.05, 0) is 0 Å². The van der Waals surface area contributed by atoms with Gasteiger partial charge in [0, 0.05) is 7.05 Å². The lowest BCUT2D eigenvalue weighted by Crippen LogP contribution is -2.30. The zero-order valence-corrected chi connectivity index (χ0v) is 13.9. The summed E-state index contributed by atoms with van der Waals surface area (Å²) in [5, 5.41) is 3.58. The first kappa shape index (κ1) is 15.6. The summed E-state index contributed by atoms with van der Waals surface area (Å²) in [6.07, 6.45) is 1.32. The highest BCUT2D eigenvalue weighted by Crippen LogP contribution is 2.44. The second kappa shape index (κ2) is 5.38. The molecule has 3 rings (SSSR count). The third kappa shape index (κ3) is 2.10. The SMILES string of the molecule is Cn1ncnc1CN1C(=O)c2c(Cl)c(Cl)c(Cl)c(Cl)c2C1=O. The predicted molar refractivity (Wildman–Crippen MR) is 81.7 cm³/mol. The van der Waals surface area contributed by atoms with E-state index in [1.165, 1.54) is 11.0 Å². The average Bonchev–Trinajstić information content (AvgIpc) is 2.99. The van der Waals surface area contributed by atoms with Gasteiger partial charge in [-0.2, -0.15) is 5.10 Å². The predicted octanol–water partition coefficient (Wildman–Crippen LogP) is 3.22. The Balaban J connectivity index is 2.11. The van der Waals surface area contributed by atoms with E-state index < -0.39 is 11.8 Å². The Morgan fingerprint density at radius 3 is 1.86 bits per heavy atom. The van der Waals surface area contributed by atoms with Crippen LogP contribution in [0.2, 0.25) is 20.1 Å². The molecule has 22 heavy (non-hydrogen) atoms. The minimum atomic E-state index is -0.603. The van der Waals surface area contributed by atoms with Crippen LogP contribution < -0.4 is 0 Å². The van der Waals surface area contributed by atoms with Crippen molar-refractivity contribution in [3.05, 3.63) is 43.4 Å². The molecule has 114 valence electrons. The number of aryl methyl sites for hydroxylation is 1. The number of halogens is 4. The summed E-state index contributed by atoms with van der Waals surface area (Å²) in [4.78, 5) is 29.9. The highest BCUT2D eigenvalue weighted by atomic mass is 35.5. The first-order valence-electron chi connectivity index (χ1n) is 5.89. The summed E-state index contributed by atoms with van der Waals surface area (Å²) in [6, 6.07) is 0. The molecule has 1 aromatic heterocycles. The van der Waals surface area contributed by atoms with Crippen LogP contribution in [-0.2, 0) is 13.6 Å². The maximum Gasteiger partial charge on any atom is 0.263 e. The summed E-state index contributed by atoms with van der Waals surface area (Å²) in [6.45, 7) is -0.0647. The van der Waals surface area contributed by atoms with Crippen molar-refractivity contribution in [2.45, 2.75) is 6.54 Å². The first-order valence-corrected chi connectivity index (χ1v) is 7.40. The molecule has 1 aliphatic heterocycles. The monoisotopic (exact) mass is 378 g/mol. The van der Waals surface area contributed by atoms with Crippen LogP contribution in [0.5, 0.6) is 0 Å². The molecule has 0 aliphatic carbocycles. The van der Waals surface area contributed by atoms with Crippen LogP contribution in [-0.4, -0.2) is 31.5 Å². The standard InChI is InChI=1S/C12H6Cl4N4O2/c1-19-4(17-3-18-19)2-20-11(21)5-6(12(20)22)8(14)10(16)9(15)7(5)13/h3H,2H2,1H3. The molecule has 1 aromatic carbocycles. The minimum absolute atomic E-state index is 0.0479. The Morgan fingerprint density at radius 2 is 1.45 bits per heavy atom. The largest absolute Gasteiger partial charge is 0.268 e. The van der Waals surface area contributed by atoms with Gasteiger partial charge in [0.15, 0.2) is 0 Å². The second-order valence-electron chi connectivity index (χ2n) is 4.50. The van der Waals surface area contributed by atoms with E-state index in [4.69, 9.17) is 46.4 Å². The van der Waals surface area contributed by atoms with E-state index in [9.17, 15) is 9.59 Å². The number of nitrogens with zero attached hydrogens (tertiary/aromatic N) is 4. The normalized spacial score (nSPS) is 14.0. The van der Waals surface area contributed by atoms with Crippen molar-refractivity contribution in [3.63, 3.8) is 0 Å². The van der Waals surface area contributed by atoms with Gasteiger partial charge in [0.25, 0.3) is 11.8 Å². The van der Waals surface area contributed by atoms with Gasteiger partial charge in [-0.15, -0.1) is 0 Å². The number of carbonyl (C=O) groups is 2. The van der Waals surface area contributed by atoms with Crippen molar-refractivity contribution in [1.29, 1.82) is 0 Å². The third-order valence-corrected chi connectivity index (χ3v) is 5.09. The number of hydrogen-bond donors (Lipinski definition) is 0. The van der Waals surface area contributed by atoms with Crippen molar-refractivity contribution in [2.75, 3.05) is 0 Å². The van der Waals surface area contributed by atoms with E-state index in [2.05, 4.69) is 10.1 Å². The molecule has 0 unspecified atom stereocenters. The maximum atomic E-state index is 12.5. The van der Waals surface area contributed by atoms with Crippen LogP contribution in [0.15, 0.2) is 6.33 Å². The molecule has 2 aromatic rings. The van der Waals surface area contributed by atoms with Crippen molar-refractivity contribution in [1.82, 2.24) is 19.7 Å². The van der Waals surface area contributed by atoms with Gasteiger partial charge < -0.3 is 0 Å². The van der Waals surface area contributed by atoms with E-state index in [1.54, 1.807) is 7.05 Å². The quantitative estimate of drug-likeness (QED) is 0.456. The third-order valence-electron chi connectivity index (χ3n) is 3.29. The minimum Gasteiger partial charge on any atom is -0.268 e. The lowest BCUT2D eigenvalue weighted by atomic mass is 10.1.